The molecule has 1 aromatic heterocycles. The highest BCUT2D eigenvalue weighted by Gasteiger charge is 2.37. The minimum Gasteiger partial charge on any atom is -0.375 e. The van der Waals surface area contributed by atoms with Gasteiger partial charge in [-0.05, 0) is 26.2 Å². The third-order valence-corrected chi connectivity index (χ3v) is 5.32. The molecular weight excluding hydrogens is 350 g/mol. The molecule has 0 spiro atoms. The number of carbonyl (C=O) groups excluding carboxylic acids is 2. The molecule has 2 fully saturated rings. The number of aryl methyl sites for hydroxylation is 1. The summed E-state index contributed by atoms with van der Waals surface area (Å²) in [6, 6.07) is -0.101. The van der Waals surface area contributed by atoms with Crippen molar-refractivity contribution in [1.82, 2.24) is 25.7 Å². The van der Waals surface area contributed by atoms with Gasteiger partial charge in [0.05, 0.1) is 12.0 Å². The maximum absolute atomic E-state index is 12.7. The smallest absolute Gasteiger partial charge is 0.317 e. The summed E-state index contributed by atoms with van der Waals surface area (Å²) >= 11 is 0. The van der Waals surface area contributed by atoms with Crippen LogP contribution in [0.3, 0.4) is 0 Å². The van der Waals surface area contributed by atoms with Gasteiger partial charge in [-0.15, -0.1) is 0 Å². The number of rotatable bonds is 5. The summed E-state index contributed by atoms with van der Waals surface area (Å²) in [5.74, 6) is 0.719. The van der Waals surface area contributed by atoms with E-state index in [-0.39, 0.29) is 36.5 Å². The fraction of sp³-hybridized carbons (Fsp3) is 0.778. The lowest BCUT2D eigenvalue weighted by Gasteiger charge is -2.38. The molecule has 27 heavy (non-hydrogen) atoms. The zero-order valence-corrected chi connectivity index (χ0v) is 16.1. The summed E-state index contributed by atoms with van der Waals surface area (Å²) in [6.45, 7) is 2.72. The summed E-state index contributed by atoms with van der Waals surface area (Å²) < 4.78 is 10.2. The molecule has 9 nitrogen and oxygen atoms in total. The summed E-state index contributed by atoms with van der Waals surface area (Å²) in [4.78, 5) is 30.9. The van der Waals surface area contributed by atoms with Crippen molar-refractivity contribution in [2.24, 2.45) is 0 Å². The number of methoxy groups -OCH3 is 1. The third-order valence-electron chi connectivity index (χ3n) is 5.32. The van der Waals surface area contributed by atoms with Crippen molar-refractivity contribution in [3.05, 3.63) is 11.7 Å². The maximum Gasteiger partial charge on any atom is 0.317 e. The highest BCUT2D eigenvalue weighted by Crippen LogP contribution is 2.28. The Kier molecular flexibility index (Phi) is 6.65. The summed E-state index contributed by atoms with van der Waals surface area (Å²) in [5, 5.41) is 9.95. The maximum atomic E-state index is 12.7. The second-order valence-electron chi connectivity index (χ2n) is 7.41. The lowest BCUT2D eigenvalue weighted by atomic mass is 9.91. The normalized spacial score (nSPS) is 23.9. The molecule has 1 saturated carbocycles. The largest absolute Gasteiger partial charge is 0.375 e. The van der Waals surface area contributed by atoms with Gasteiger partial charge >= 0.3 is 6.03 Å². The Morgan fingerprint density at radius 2 is 2.00 bits per heavy atom. The number of aromatic nitrogens is 2. The molecule has 0 unspecified atom stereocenters. The Labute approximate surface area is 159 Å². The van der Waals surface area contributed by atoms with E-state index in [0.29, 0.717) is 31.2 Å². The third kappa shape index (κ3) is 5.18. The van der Waals surface area contributed by atoms with Crippen LogP contribution < -0.4 is 10.6 Å². The van der Waals surface area contributed by atoms with Crippen molar-refractivity contribution >= 4 is 11.9 Å². The standard InChI is InChI=1S/C18H29N5O4/c1-12-19-17(27-22-12)14-8-9-23(10-15(14)21-16(24)11-26-2)18(25)20-13-6-4-3-5-7-13/h13-15H,3-11H2,1-2H3,(H,20,25)(H,21,24)/t14-,15+/m0/s1. The zero-order chi connectivity index (χ0) is 19.2. The number of piperidine rings is 1. The number of likely N-dealkylation sites (tertiary alicyclic amines) is 1. The molecule has 0 bridgehead atoms. The Hall–Kier alpha value is -2.16. The quantitative estimate of drug-likeness (QED) is 0.799. The Balaban J connectivity index is 1.65. The van der Waals surface area contributed by atoms with Crippen LogP contribution in [0.25, 0.3) is 0 Å². The Bertz CT molecular complexity index is 643. The number of hydrogen-bond acceptors (Lipinski definition) is 6. The highest BCUT2D eigenvalue weighted by atomic mass is 16.5. The molecule has 9 heteroatoms. The van der Waals surface area contributed by atoms with Crippen molar-refractivity contribution in [2.75, 3.05) is 26.8 Å². The van der Waals surface area contributed by atoms with E-state index in [1.165, 1.54) is 26.4 Å². The Morgan fingerprint density at radius 1 is 1.22 bits per heavy atom. The first-order valence-corrected chi connectivity index (χ1v) is 9.70. The van der Waals surface area contributed by atoms with Crippen LogP contribution in [-0.4, -0.2) is 65.9 Å². The van der Waals surface area contributed by atoms with Crippen molar-refractivity contribution in [2.45, 2.75) is 63.5 Å². The molecule has 2 atom stereocenters. The lowest BCUT2D eigenvalue weighted by molar-refractivity contribution is -0.126. The number of amides is 3. The van der Waals surface area contributed by atoms with Gasteiger partial charge in [0.1, 0.15) is 6.61 Å². The minimum absolute atomic E-state index is 0.0274. The zero-order valence-electron chi connectivity index (χ0n) is 16.1. The number of nitrogens with zero attached hydrogens (tertiary/aromatic N) is 3. The molecule has 0 aromatic carbocycles. The second kappa shape index (κ2) is 9.16. The van der Waals surface area contributed by atoms with Gasteiger partial charge in [0.15, 0.2) is 5.82 Å². The summed E-state index contributed by atoms with van der Waals surface area (Å²) in [7, 11) is 1.48. The van der Waals surface area contributed by atoms with E-state index in [9.17, 15) is 9.59 Å². The molecule has 3 amide bonds. The van der Waals surface area contributed by atoms with E-state index in [2.05, 4.69) is 20.8 Å². The Morgan fingerprint density at radius 3 is 2.67 bits per heavy atom. The number of ether oxygens (including phenoxy) is 1. The number of urea groups is 1. The molecule has 150 valence electrons. The van der Waals surface area contributed by atoms with Crippen LogP contribution in [0.2, 0.25) is 0 Å². The number of carbonyl (C=O) groups is 2. The average molecular weight is 379 g/mol. The van der Waals surface area contributed by atoms with E-state index in [1.54, 1.807) is 11.8 Å². The molecule has 1 saturated heterocycles. The van der Waals surface area contributed by atoms with Crippen molar-refractivity contribution in [3.63, 3.8) is 0 Å². The van der Waals surface area contributed by atoms with Gasteiger partial charge in [-0.2, -0.15) is 4.98 Å². The van der Waals surface area contributed by atoms with Crippen LogP contribution in [0.5, 0.6) is 0 Å². The van der Waals surface area contributed by atoms with Crippen LogP contribution in [0.1, 0.15) is 56.2 Å². The van der Waals surface area contributed by atoms with E-state index in [0.717, 1.165) is 12.8 Å². The molecule has 1 aliphatic carbocycles. The van der Waals surface area contributed by atoms with Crippen LogP contribution >= 0.6 is 0 Å². The van der Waals surface area contributed by atoms with Gasteiger partial charge < -0.3 is 24.8 Å². The molecule has 2 aliphatic rings. The predicted molar refractivity (Wildman–Crippen MR) is 97.2 cm³/mol. The first-order valence-electron chi connectivity index (χ1n) is 9.70. The summed E-state index contributed by atoms with van der Waals surface area (Å²) in [5.41, 5.74) is 0. The van der Waals surface area contributed by atoms with Gasteiger partial charge in [-0.3, -0.25) is 4.79 Å². The summed E-state index contributed by atoms with van der Waals surface area (Å²) in [6.07, 6.45) is 6.31. The van der Waals surface area contributed by atoms with E-state index < -0.39 is 0 Å². The van der Waals surface area contributed by atoms with Crippen molar-refractivity contribution < 1.29 is 18.8 Å². The van der Waals surface area contributed by atoms with Gasteiger partial charge in [0, 0.05) is 26.2 Å². The van der Waals surface area contributed by atoms with E-state index in [4.69, 9.17) is 9.26 Å². The van der Waals surface area contributed by atoms with Crippen LogP contribution in [0.4, 0.5) is 4.79 Å². The fourth-order valence-corrected chi connectivity index (χ4v) is 3.93. The van der Waals surface area contributed by atoms with Gasteiger partial charge in [-0.25, -0.2) is 4.79 Å². The monoisotopic (exact) mass is 379 g/mol. The van der Waals surface area contributed by atoms with Gasteiger partial charge in [-0.1, -0.05) is 24.4 Å². The molecule has 2 N–H and O–H groups in total. The predicted octanol–water partition coefficient (Wildman–Crippen LogP) is 1.34. The number of hydrogen-bond donors (Lipinski definition) is 2. The first-order chi connectivity index (χ1) is 13.1. The van der Waals surface area contributed by atoms with Crippen molar-refractivity contribution in [1.29, 1.82) is 0 Å². The fourth-order valence-electron chi connectivity index (χ4n) is 3.93. The topological polar surface area (TPSA) is 110 Å². The second-order valence-corrected chi connectivity index (χ2v) is 7.41. The first kappa shape index (κ1) is 19.6. The lowest BCUT2D eigenvalue weighted by Crippen LogP contribution is -2.56. The van der Waals surface area contributed by atoms with E-state index >= 15 is 0 Å². The van der Waals surface area contributed by atoms with E-state index in [1.807, 2.05) is 0 Å². The molecule has 3 rings (SSSR count). The van der Waals surface area contributed by atoms with Gasteiger partial charge in [0.25, 0.3) is 0 Å². The molecule has 2 heterocycles. The molecular formula is C18H29N5O4. The SMILES string of the molecule is COCC(=O)N[C@@H]1CN(C(=O)NC2CCCCC2)CC[C@@H]1c1nc(C)no1. The van der Waals surface area contributed by atoms with Gasteiger partial charge in [0.2, 0.25) is 11.8 Å². The highest BCUT2D eigenvalue weighted by molar-refractivity contribution is 5.78. The molecule has 1 aromatic rings. The van der Waals surface area contributed by atoms with Crippen LogP contribution in [0, 0.1) is 6.92 Å². The minimum atomic E-state index is -0.293. The molecule has 0 radical (unpaired) electrons. The average Bonchev–Trinajstić information content (AvgIpc) is 3.09. The van der Waals surface area contributed by atoms with Crippen molar-refractivity contribution in [3.8, 4) is 0 Å². The van der Waals surface area contributed by atoms with Crippen LogP contribution in [-0.2, 0) is 9.53 Å². The molecule has 1 aliphatic heterocycles. The number of nitrogens with one attached hydrogen (secondary N) is 2. The van der Waals surface area contributed by atoms with Crippen LogP contribution in [0.15, 0.2) is 4.52 Å².